The number of nitrogens with zero attached hydrogens (tertiary/aromatic N) is 1. The van der Waals surface area contributed by atoms with Gasteiger partial charge in [-0.15, -0.1) is 11.3 Å². The van der Waals surface area contributed by atoms with Gasteiger partial charge in [0.05, 0.1) is 5.69 Å². The van der Waals surface area contributed by atoms with Crippen molar-refractivity contribution in [3.63, 3.8) is 0 Å². The number of hydrogen-bond donors (Lipinski definition) is 0. The number of anilines is 3. The lowest BCUT2D eigenvalue weighted by atomic mass is 9.82. The van der Waals surface area contributed by atoms with E-state index in [4.69, 9.17) is 0 Å². The van der Waals surface area contributed by atoms with Gasteiger partial charge in [-0.1, -0.05) is 129 Å². The molecule has 1 aliphatic carbocycles. The van der Waals surface area contributed by atoms with E-state index in [1.54, 1.807) is 0 Å². The van der Waals surface area contributed by atoms with E-state index in [-0.39, 0.29) is 5.41 Å². The molecular weight excluding hydrogens is 647 g/mol. The van der Waals surface area contributed by atoms with Gasteiger partial charge in [0.15, 0.2) is 0 Å². The molecule has 0 atom stereocenters. The molecule has 0 saturated heterocycles. The third-order valence-corrected chi connectivity index (χ3v) is 12.3. The summed E-state index contributed by atoms with van der Waals surface area (Å²) in [6.45, 7) is 6.99. The summed E-state index contributed by atoms with van der Waals surface area (Å²) in [4.78, 5) is 2.48. The molecule has 0 spiro atoms. The van der Waals surface area contributed by atoms with E-state index in [1.165, 1.54) is 92.4 Å². The van der Waals surface area contributed by atoms with Crippen LogP contribution < -0.4 is 4.90 Å². The number of aryl methyl sites for hydroxylation is 1. The van der Waals surface area contributed by atoms with Gasteiger partial charge >= 0.3 is 0 Å². The molecule has 0 N–H and O–H groups in total. The lowest BCUT2D eigenvalue weighted by molar-refractivity contribution is 0.660. The van der Waals surface area contributed by atoms with Crippen LogP contribution in [-0.4, -0.2) is 0 Å². The van der Waals surface area contributed by atoms with E-state index >= 15 is 0 Å². The highest BCUT2D eigenvalue weighted by molar-refractivity contribution is 7.26. The molecule has 1 nitrogen and oxygen atoms in total. The second-order valence-corrected chi connectivity index (χ2v) is 15.7. The van der Waals surface area contributed by atoms with Gasteiger partial charge in [-0.3, -0.25) is 0 Å². The van der Waals surface area contributed by atoms with E-state index in [1.807, 2.05) is 11.3 Å². The molecule has 248 valence electrons. The Morgan fingerprint density at radius 2 is 1.12 bits per heavy atom. The Labute approximate surface area is 309 Å². The Bertz CT molecular complexity index is 2820. The van der Waals surface area contributed by atoms with Gasteiger partial charge < -0.3 is 4.90 Å². The fourth-order valence-electron chi connectivity index (χ4n) is 8.59. The third kappa shape index (κ3) is 4.75. The average molecular weight is 684 g/mol. The summed E-state index contributed by atoms with van der Waals surface area (Å²) in [5.74, 6) is 0. The Morgan fingerprint density at radius 3 is 1.88 bits per heavy atom. The smallest absolute Gasteiger partial charge is 0.0554 e. The van der Waals surface area contributed by atoms with Gasteiger partial charge in [-0.2, -0.15) is 0 Å². The maximum Gasteiger partial charge on any atom is 0.0554 e. The summed E-state index contributed by atoms with van der Waals surface area (Å²) in [5.41, 5.74) is 15.2. The first-order chi connectivity index (χ1) is 25.5. The van der Waals surface area contributed by atoms with Crippen molar-refractivity contribution in [2.45, 2.75) is 26.2 Å². The van der Waals surface area contributed by atoms with Gasteiger partial charge in [0.2, 0.25) is 0 Å². The number of benzene rings is 8. The Hall–Kier alpha value is -5.96. The minimum atomic E-state index is -0.104. The lowest BCUT2D eigenvalue weighted by Gasteiger charge is -2.29. The summed E-state index contributed by atoms with van der Waals surface area (Å²) in [6.07, 6.45) is 0. The second kappa shape index (κ2) is 11.8. The van der Waals surface area contributed by atoms with Gasteiger partial charge in [-0.05, 0) is 122 Å². The van der Waals surface area contributed by atoms with Crippen LogP contribution in [0, 0.1) is 6.92 Å². The van der Waals surface area contributed by atoms with Crippen LogP contribution >= 0.6 is 11.3 Å². The van der Waals surface area contributed by atoms with Crippen molar-refractivity contribution in [1.82, 2.24) is 0 Å². The highest BCUT2D eigenvalue weighted by Crippen LogP contribution is 2.53. The summed E-state index contributed by atoms with van der Waals surface area (Å²) in [7, 11) is 0. The summed E-state index contributed by atoms with van der Waals surface area (Å²) >= 11 is 1.87. The van der Waals surface area contributed by atoms with Crippen LogP contribution in [0.5, 0.6) is 0 Å². The number of hydrogen-bond acceptors (Lipinski definition) is 2. The molecule has 0 amide bonds. The van der Waals surface area contributed by atoms with Gasteiger partial charge in [0, 0.05) is 37.0 Å². The maximum absolute atomic E-state index is 2.48. The van der Waals surface area contributed by atoms with Crippen LogP contribution in [0.3, 0.4) is 0 Å². The van der Waals surface area contributed by atoms with Crippen LogP contribution in [-0.2, 0) is 5.41 Å². The first-order valence-corrected chi connectivity index (χ1v) is 18.9. The van der Waals surface area contributed by atoms with Crippen molar-refractivity contribution in [3.8, 4) is 33.4 Å². The Balaban J connectivity index is 1.18. The molecular formula is C50H37NS. The Kier molecular flexibility index (Phi) is 7.00. The summed E-state index contributed by atoms with van der Waals surface area (Å²) in [5, 5.41) is 5.09. The topological polar surface area (TPSA) is 3.24 Å². The molecule has 0 aliphatic heterocycles. The van der Waals surface area contributed by atoms with E-state index in [0.717, 1.165) is 5.69 Å². The minimum Gasteiger partial charge on any atom is -0.310 e. The molecule has 2 heteroatoms. The molecule has 1 heterocycles. The lowest BCUT2D eigenvalue weighted by Crippen LogP contribution is -2.16. The summed E-state index contributed by atoms with van der Waals surface area (Å²) in [6, 6.07) is 62.9. The maximum atomic E-state index is 2.48. The van der Waals surface area contributed by atoms with Crippen molar-refractivity contribution in [1.29, 1.82) is 0 Å². The van der Waals surface area contributed by atoms with Gasteiger partial charge in [0.1, 0.15) is 0 Å². The SMILES string of the molecule is Cc1cccc2c1-c1ccc(N(c3ccc(-c4cc5ccccc5cc4-c4ccccc4)cc3)c3cccc4sc5ccccc5c34)cc1C2(C)C. The van der Waals surface area contributed by atoms with E-state index in [9.17, 15) is 0 Å². The van der Waals surface area contributed by atoms with Crippen molar-refractivity contribution < 1.29 is 0 Å². The second-order valence-electron chi connectivity index (χ2n) is 14.6. The number of rotatable bonds is 5. The zero-order chi connectivity index (χ0) is 35.0. The van der Waals surface area contributed by atoms with Crippen molar-refractivity contribution in [3.05, 3.63) is 187 Å². The first-order valence-electron chi connectivity index (χ1n) is 18.1. The van der Waals surface area contributed by atoms with Gasteiger partial charge in [0.25, 0.3) is 0 Å². The summed E-state index contributed by atoms with van der Waals surface area (Å²) < 4.78 is 2.61. The zero-order valence-corrected chi connectivity index (χ0v) is 30.3. The molecule has 0 radical (unpaired) electrons. The molecule has 0 fully saturated rings. The standard InChI is InChI=1S/C50H37NS/c1-32-13-11-19-43-48(32)39-28-27-38(31-44(39)50(43,2)3)51(45-20-12-22-47-49(45)40-18-9-10-21-46(40)52-47)37-25-23-34(24-26-37)42-30-36-17-8-7-16-35(36)29-41(42)33-14-5-4-6-15-33/h4-31H,1-3H3. The van der Waals surface area contributed by atoms with Crippen LogP contribution in [0.25, 0.3) is 64.3 Å². The molecule has 0 bridgehead atoms. The van der Waals surface area contributed by atoms with E-state index in [0.29, 0.717) is 0 Å². The number of thiophene rings is 1. The predicted octanol–water partition coefficient (Wildman–Crippen LogP) is 14.6. The van der Waals surface area contributed by atoms with Crippen molar-refractivity contribution >= 4 is 59.3 Å². The van der Waals surface area contributed by atoms with E-state index in [2.05, 4.69) is 196 Å². The fraction of sp³-hybridized carbons (Fsp3) is 0.0800. The Morgan fingerprint density at radius 1 is 0.481 bits per heavy atom. The van der Waals surface area contributed by atoms with Crippen LogP contribution in [0.2, 0.25) is 0 Å². The highest BCUT2D eigenvalue weighted by Gasteiger charge is 2.37. The quantitative estimate of drug-likeness (QED) is 0.175. The highest BCUT2D eigenvalue weighted by atomic mass is 32.1. The molecule has 10 rings (SSSR count). The van der Waals surface area contributed by atoms with Crippen LogP contribution in [0.1, 0.15) is 30.5 Å². The first kappa shape index (κ1) is 30.8. The van der Waals surface area contributed by atoms with E-state index < -0.39 is 0 Å². The predicted molar refractivity (Wildman–Crippen MR) is 225 cm³/mol. The largest absolute Gasteiger partial charge is 0.310 e. The molecule has 9 aromatic rings. The normalized spacial score (nSPS) is 13.1. The molecule has 52 heavy (non-hydrogen) atoms. The molecule has 0 saturated carbocycles. The van der Waals surface area contributed by atoms with Gasteiger partial charge in [-0.25, -0.2) is 0 Å². The zero-order valence-electron chi connectivity index (χ0n) is 29.5. The molecule has 1 aromatic heterocycles. The minimum absolute atomic E-state index is 0.104. The monoisotopic (exact) mass is 683 g/mol. The van der Waals surface area contributed by atoms with Crippen LogP contribution in [0.4, 0.5) is 17.1 Å². The third-order valence-electron chi connectivity index (χ3n) is 11.2. The molecule has 0 unspecified atom stereocenters. The number of fused-ring (bicyclic) bond motifs is 7. The van der Waals surface area contributed by atoms with Crippen molar-refractivity contribution in [2.24, 2.45) is 0 Å². The molecule has 1 aliphatic rings. The average Bonchev–Trinajstić information content (AvgIpc) is 3.68. The van der Waals surface area contributed by atoms with Crippen molar-refractivity contribution in [2.75, 3.05) is 4.90 Å². The molecule has 8 aromatic carbocycles. The fourth-order valence-corrected chi connectivity index (χ4v) is 9.72. The van der Waals surface area contributed by atoms with Crippen LogP contribution in [0.15, 0.2) is 170 Å².